The molecule has 1 heterocycles. The third kappa shape index (κ3) is 3.42. The number of aromatic nitrogens is 2. The summed E-state index contributed by atoms with van der Waals surface area (Å²) in [6.07, 6.45) is 5.04. The van der Waals surface area contributed by atoms with E-state index in [4.69, 9.17) is 5.11 Å². The number of fused-ring (bicyclic) bond motifs is 1. The van der Waals surface area contributed by atoms with Crippen LogP contribution in [0.2, 0.25) is 0 Å². The Morgan fingerprint density at radius 1 is 1.50 bits per heavy atom. The topological polar surface area (TPSA) is 55.1 Å². The monoisotopic (exact) mass is 290 g/mol. The smallest absolute Gasteiger partial charge is 0.313 e. The van der Waals surface area contributed by atoms with Crippen LogP contribution in [-0.2, 0) is 11.3 Å². The largest absolute Gasteiger partial charge is 0.481 e. The summed E-state index contributed by atoms with van der Waals surface area (Å²) < 4.78 is 2.11. The Morgan fingerprint density at radius 2 is 2.30 bits per heavy atom. The zero-order valence-electron chi connectivity index (χ0n) is 11.7. The Balaban J connectivity index is 2.37. The van der Waals surface area contributed by atoms with Crippen LogP contribution >= 0.6 is 11.8 Å². The number of hydrogen-bond acceptors (Lipinski definition) is 3. The standard InChI is InChI=1S/C15H18N2O2S/c1-3-4-5-8-17-13-9-11(2)6-7-12(13)16-15(17)20-10-14(18)19/h3-4,6-7,9H,5,8,10H2,1-2H3,(H,18,19)/b4-3+. The summed E-state index contributed by atoms with van der Waals surface area (Å²) >= 11 is 1.27. The summed E-state index contributed by atoms with van der Waals surface area (Å²) in [7, 11) is 0. The van der Waals surface area contributed by atoms with Gasteiger partial charge in [0.25, 0.3) is 0 Å². The lowest BCUT2D eigenvalue weighted by Gasteiger charge is -2.06. The number of benzene rings is 1. The van der Waals surface area contributed by atoms with E-state index < -0.39 is 5.97 Å². The number of nitrogens with zero attached hydrogens (tertiary/aromatic N) is 2. The number of hydrogen-bond donors (Lipinski definition) is 1. The fourth-order valence-corrected chi connectivity index (χ4v) is 2.79. The molecule has 0 fully saturated rings. The highest BCUT2D eigenvalue weighted by Crippen LogP contribution is 2.25. The molecule has 0 radical (unpaired) electrons. The van der Waals surface area contributed by atoms with Crippen molar-refractivity contribution >= 4 is 28.8 Å². The first-order valence-corrected chi connectivity index (χ1v) is 7.53. The first-order chi connectivity index (χ1) is 9.61. The molecule has 0 saturated heterocycles. The fraction of sp³-hybridized carbons (Fsp3) is 0.333. The number of imidazole rings is 1. The average Bonchev–Trinajstić information content (AvgIpc) is 2.74. The Hall–Kier alpha value is -1.75. The number of carboxylic acid groups (broad SMARTS) is 1. The number of aliphatic carboxylic acids is 1. The van der Waals surface area contributed by atoms with E-state index in [0.717, 1.165) is 29.2 Å². The number of rotatable bonds is 6. The maximum absolute atomic E-state index is 10.7. The summed E-state index contributed by atoms with van der Waals surface area (Å²) in [4.78, 5) is 15.3. The van der Waals surface area contributed by atoms with Crippen molar-refractivity contribution in [1.29, 1.82) is 0 Å². The Bertz CT molecular complexity index is 647. The minimum Gasteiger partial charge on any atom is -0.481 e. The van der Waals surface area contributed by atoms with Crippen molar-refractivity contribution < 1.29 is 9.90 Å². The molecular formula is C15H18N2O2S. The minimum absolute atomic E-state index is 0.0337. The van der Waals surface area contributed by atoms with Gasteiger partial charge in [-0.1, -0.05) is 30.0 Å². The van der Waals surface area contributed by atoms with Crippen molar-refractivity contribution in [2.75, 3.05) is 5.75 Å². The molecule has 2 aromatic rings. The van der Waals surface area contributed by atoms with Crippen LogP contribution < -0.4 is 0 Å². The van der Waals surface area contributed by atoms with E-state index in [9.17, 15) is 4.79 Å². The molecule has 0 atom stereocenters. The first-order valence-electron chi connectivity index (χ1n) is 6.54. The van der Waals surface area contributed by atoms with Crippen LogP contribution in [0.5, 0.6) is 0 Å². The quantitative estimate of drug-likeness (QED) is 0.653. The zero-order chi connectivity index (χ0) is 14.5. The van der Waals surface area contributed by atoms with Gasteiger partial charge in [0.2, 0.25) is 0 Å². The molecule has 2 rings (SSSR count). The highest BCUT2D eigenvalue weighted by Gasteiger charge is 2.12. The minimum atomic E-state index is -0.821. The van der Waals surface area contributed by atoms with Crippen LogP contribution in [0, 0.1) is 6.92 Å². The number of allylic oxidation sites excluding steroid dienone is 2. The van der Waals surface area contributed by atoms with Crippen molar-refractivity contribution in [1.82, 2.24) is 9.55 Å². The van der Waals surface area contributed by atoms with Crippen molar-refractivity contribution in [2.45, 2.75) is 32.0 Å². The molecule has 4 nitrogen and oxygen atoms in total. The third-order valence-electron chi connectivity index (χ3n) is 2.95. The number of carbonyl (C=O) groups is 1. The molecule has 0 bridgehead atoms. The van der Waals surface area contributed by atoms with Gasteiger partial charge in [-0.05, 0) is 38.0 Å². The zero-order valence-corrected chi connectivity index (χ0v) is 12.5. The molecule has 0 unspecified atom stereocenters. The molecule has 0 aliphatic heterocycles. The molecule has 0 saturated carbocycles. The maximum Gasteiger partial charge on any atom is 0.313 e. The molecule has 1 aromatic carbocycles. The van der Waals surface area contributed by atoms with E-state index in [0.29, 0.717) is 0 Å². The van der Waals surface area contributed by atoms with Crippen LogP contribution in [0.4, 0.5) is 0 Å². The summed E-state index contributed by atoms with van der Waals surface area (Å²) in [6.45, 7) is 4.86. The third-order valence-corrected chi connectivity index (χ3v) is 3.91. The van der Waals surface area contributed by atoms with Gasteiger partial charge in [-0.3, -0.25) is 4.79 Å². The second-order valence-corrected chi connectivity index (χ2v) is 5.52. The van der Waals surface area contributed by atoms with E-state index in [1.54, 1.807) is 0 Å². The predicted octanol–water partition coefficient (Wildman–Crippen LogP) is 3.49. The Kier molecular flexibility index (Phi) is 4.84. The van der Waals surface area contributed by atoms with Gasteiger partial charge >= 0.3 is 5.97 Å². The van der Waals surface area contributed by atoms with Gasteiger partial charge in [0.15, 0.2) is 5.16 Å². The van der Waals surface area contributed by atoms with E-state index in [1.807, 2.05) is 32.1 Å². The second-order valence-electron chi connectivity index (χ2n) is 4.58. The van der Waals surface area contributed by atoms with Crippen LogP contribution in [0.15, 0.2) is 35.5 Å². The van der Waals surface area contributed by atoms with Crippen LogP contribution in [0.25, 0.3) is 11.0 Å². The highest BCUT2D eigenvalue weighted by molar-refractivity contribution is 7.99. The van der Waals surface area contributed by atoms with E-state index in [1.165, 1.54) is 17.3 Å². The number of thioether (sulfide) groups is 1. The van der Waals surface area contributed by atoms with E-state index >= 15 is 0 Å². The lowest BCUT2D eigenvalue weighted by Crippen LogP contribution is -2.03. The first kappa shape index (κ1) is 14.7. The molecule has 1 aromatic heterocycles. The summed E-state index contributed by atoms with van der Waals surface area (Å²) in [6, 6.07) is 6.11. The van der Waals surface area contributed by atoms with Crippen molar-refractivity contribution in [2.24, 2.45) is 0 Å². The normalized spacial score (nSPS) is 11.5. The van der Waals surface area contributed by atoms with Crippen LogP contribution in [0.1, 0.15) is 18.9 Å². The maximum atomic E-state index is 10.7. The molecule has 0 aliphatic rings. The van der Waals surface area contributed by atoms with Gasteiger partial charge < -0.3 is 9.67 Å². The molecule has 0 aliphatic carbocycles. The van der Waals surface area contributed by atoms with Gasteiger partial charge in [0, 0.05) is 6.54 Å². The average molecular weight is 290 g/mol. The van der Waals surface area contributed by atoms with Crippen LogP contribution in [-0.4, -0.2) is 26.4 Å². The summed E-state index contributed by atoms with van der Waals surface area (Å²) in [5.41, 5.74) is 3.17. The van der Waals surface area contributed by atoms with Gasteiger partial charge in [-0.2, -0.15) is 0 Å². The van der Waals surface area contributed by atoms with Crippen LogP contribution in [0.3, 0.4) is 0 Å². The molecule has 5 heteroatoms. The summed E-state index contributed by atoms with van der Waals surface area (Å²) in [5, 5.41) is 9.61. The van der Waals surface area contributed by atoms with Gasteiger partial charge in [-0.15, -0.1) is 0 Å². The SMILES string of the molecule is C/C=C/CCn1c(SCC(=O)O)nc2ccc(C)cc21. The molecule has 0 amide bonds. The van der Waals surface area contributed by atoms with Gasteiger partial charge in [-0.25, -0.2) is 4.98 Å². The van der Waals surface area contributed by atoms with Gasteiger partial charge in [0.05, 0.1) is 16.8 Å². The number of aryl methyl sites for hydroxylation is 2. The van der Waals surface area contributed by atoms with Crippen molar-refractivity contribution in [3.8, 4) is 0 Å². The van der Waals surface area contributed by atoms with Crippen molar-refractivity contribution in [3.63, 3.8) is 0 Å². The molecule has 20 heavy (non-hydrogen) atoms. The Morgan fingerprint density at radius 3 is 3.00 bits per heavy atom. The molecular weight excluding hydrogens is 272 g/mol. The molecule has 1 N–H and O–H groups in total. The fourth-order valence-electron chi connectivity index (χ4n) is 2.03. The summed E-state index contributed by atoms with van der Waals surface area (Å²) in [5.74, 6) is -0.787. The molecule has 106 valence electrons. The highest BCUT2D eigenvalue weighted by atomic mass is 32.2. The van der Waals surface area contributed by atoms with E-state index in [-0.39, 0.29) is 5.75 Å². The van der Waals surface area contributed by atoms with Gasteiger partial charge in [0.1, 0.15) is 0 Å². The molecule has 0 spiro atoms. The number of carboxylic acids is 1. The lowest BCUT2D eigenvalue weighted by molar-refractivity contribution is -0.133. The lowest BCUT2D eigenvalue weighted by atomic mass is 10.2. The second kappa shape index (κ2) is 6.61. The van der Waals surface area contributed by atoms with Crippen molar-refractivity contribution in [3.05, 3.63) is 35.9 Å². The Labute approximate surface area is 122 Å². The predicted molar refractivity (Wildman–Crippen MR) is 82.3 cm³/mol. The van der Waals surface area contributed by atoms with E-state index in [2.05, 4.69) is 21.7 Å².